The number of hydrogen-bond acceptors (Lipinski definition) is 2. The van der Waals surface area contributed by atoms with Crippen LogP contribution in [0.25, 0.3) is 11.3 Å². The SMILES string of the molecule is Cc1ccc(-c2c(Cl)nc(CN)n2C)cc1C. The highest BCUT2D eigenvalue weighted by Crippen LogP contribution is 2.29. The molecule has 0 fully saturated rings. The largest absolute Gasteiger partial charge is 0.329 e. The van der Waals surface area contributed by atoms with Gasteiger partial charge in [-0.05, 0) is 31.0 Å². The highest BCUT2D eigenvalue weighted by molar-refractivity contribution is 6.32. The van der Waals surface area contributed by atoms with Crippen molar-refractivity contribution in [3.8, 4) is 11.3 Å². The second kappa shape index (κ2) is 4.51. The van der Waals surface area contributed by atoms with Crippen molar-refractivity contribution in [3.63, 3.8) is 0 Å². The summed E-state index contributed by atoms with van der Waals surface area (Å²) in [5.41, 5.74) is 10.1. The summed E-state index contributed by atoms with van der Waals surface area (Å²) in [5.74, 6) is 0.795. The summed E-state index contributed by atoms with van der Waals surface area (Å²) >= 11 is 6.17. The quantitative estimate of drug-likeness (QED) is 0.890. The molecule has 3 nitrogen and oxygen atoms in total. The summed E-state index contributed by atoms with van der Waals surface area (Å²) in [4.78, 5) is 4.26. The Bertz CT molecular complexity index is 558. The van der Waals surface area contributed by atoms with Crippen LogP contribution in [-0.4, -0.2) is 9.55 Å². The Morgan fingerprint density at radius 2 is 2.00 bits per heavy atom. The number of nitrogens with two attached hydrogens (primary N) is 1. The fourth-order valence-corrected chi connectivity index (χ4v) is 2.23. The van der Waals surface area contributed by atoms with Gasteiger partial charge in [-0.25, -0.2) is 4.98 Å². The molecular formula is C13H16ClN3. The minimum atomic E-state index is 0.390. The third kappa shape index (κ3) is 2.08. The molecule has 1 heterocycles. The second-order valence-electron chi connectivity index (χ2n) is 4.23. The van der Waals surface area contributed by atoms with Crippen LogP contribution in [0.1, 0.15) is 17.0 Å². The number of nitrogens with zero attached hydrogens (tertiary/aromatic N) is 2. The summed E-state index contributed by atoms with van der Waals surface area (Å²) in [5, 5.41) is 0.510. The van der Waals surface area contributed by atoms with Gasteiger partial charge in [0.15, 0.2) is 5.15 Å². The normalized spacial score (nSPS) is 10.9. The average molecular weight is 250 g/mol. The van der Waals surface area contributed by atoms with Crippen LogP contribution in [0.3, 0.4) is 0 Å². The molecule has 2 rings (SSSR count). The molecule has 0 aliphatic heterocycles. The first-order chi connectivity index (χ1) is 8.04. The zero-order valence-corrected chi connectivity index (χ0v) is 11.0. The van der Waals surface area contributed by atoms with Crippen molar-refractivity contribution in [3.05, 3.63) is 40.3 Å². The Morgan fingerprint density at radius 3 is 2.53 bits per heavy atom. The van der Waals surface area contributed by atoms with Gasteiger partial charge in [0.05, 0.1) is 12.2 Å². The lowest BCUT2D eigenvalue weighted by Gasteiger charge is -2.07. The standard InChI is InChI=1S/C13H16ClN3/c1-8-4-5-10(6-9(8)2)12-13(14)16-11(7-15)17(12)3/h4-6H,7,15H2,1-3H3. The van der Waals surface area contributed by atoms with Gasteiger partial charge in [0.1, 0.15) is 5.82 Å². The van der Waals surface area contributed by atoms with E-state index in [0.717, 1.165) is 17.1 Å². The van der Waals surface area contributed by atoms with Crippen molar-refractivity contribution < 1.29 is 0 Å². The van der Waals surface area contributed by atoms with E-state index in [-0.39, 0.29) is 0 Å². The van der Waals surface area contributed by atoms with E-state index in [1.54, 1.807) is 0 Å². The van der Waals surface area contributed by atoms with Crippen LogP contribution in [0, 0.1) is 13.8 Å². The maximum atomic E-state index is 6.17. The minimum absolute atomic E-state index is 0.390. The van der Waals surface area contributed by atoms with Gasteiger partial charge >= 0.3 is 0 Å². The number of aromatic nitrogens is 2. The van der Waals surface area contributed by atoms with E-state index in [4.69, 9.17) is 17.3 Å². The number of imidazole rings is 1. The molecule has 90 valence electrons. The minimum Gasteiger partial charge on any atom is -0.329 e. The van der Waals surface area contributed by atoms with Crippen molar-refractivity contribution in [2.24, 2.45) is 12.8 Å². The molecule has 0 aliphatic carbocycles. The lowest BCUT2D eigenvalue weighted by atomic mass is 10.0. The maximum Gasteiger partial charge on any atom is 0.155 e. The van der Waals surface area contributed by atoms with Crippen LogP contribution >= 0.6 is 11.6 Å². The summed E-state index contributed by atoms with van der Waals surface area (Å²) in [6.07, 6.45) is 0. The molecule has 0 saturated carbocycles. The number of aryl methyl sites for hydroxylation is 2. The summed E-state index contributed by atoms with van der Waals surface area (Å²) in [6.45, 7) is 4.57. The summed E-state index contributed by atoms with van der Waals surface area (Å²) in [7, 11) is 1.94. The van der Waals surface area contributed by atoms with Crippen LogP contribution in [0.5, 0.6) is 0 Å². The first kappa shape index (κ1) is 12.1. The van der Waals surface area contributed by atoms with E-state index in [0.29, 0.717) is 11.7 Å². The molecule has 1 aromatic heterocycles. The van der Waals surface area contributed by atoms with E-state index in [2.05, 4.69) is 37.0 Å². The molecule has 0 amide bonds. The average Bonchev–Trinajstić information content (AvgIpc) is 2.58. The molecule has 0 unspecified atom stereocenters. The zero-order chi connectivity index (χ0) is 12.6. The van der Waals surface area contributed by atoms with Gasteiger partial charge in [-0.3, -0.25) is 0 Å². The van der Waals surface area contributed by atoms with E-state index in [1.807, 2.05) is 11.6 Å². The van der Waals surface area contributed by atoms with E-state index >= 15 is 0 Å². The fourth-order valence-electron chi connectivity index (χ4n) is 1.89. The molecule has 0 spiro atoms. The Labute approximate surface area is 106 Å². The summed E-state index contributed by atoms with van der Waals surface area (Å²) < 4.78 is 1.95. The van der Waals surface area contributed by atoms with Crippen LogP contribution in [0.4, 0.5) is 0 Å². The molecule has 0 aliphatic rings. The molecule has 0 saturated heterocycles. The summed E-state index contributed by atoms with van der Waals surface area (Å²) in [6, 6.07) is 6.28. The lowest BCUT2D eigenvalue weighted by Crippen LogP contribution is -2.05. The molecular weight excluding hydrogens is 234 g/mol. The Kier molecular flexibility index (Phi) is 3.22. The van der Waals surface area contributed by atoms with Crippen LogP contribution < -0.4 is 5.73 Å². The first-order valence-electron chi connectivity index (χ1n) is 5.53. The molecule has 1 aromatic carbocycles. The van der Waals surface area contributed by atoms with Gasteiger partial charge in [-0.15, -0.1) is 0 Å². The van der Waals surface area contributed by atoms with Crippen molar-refractivity contribution in [2.45, 2.75) is 20.4 Å². The first-order valence-corrected chi connectivity index (χ1v) is 5.91. The maximum absolute atomic E-state index is 6.17. The van der Waals surface area contributed by atoms with Gasteiger partial charge in [0.2, 0.25) is 0 Å². The van der Waals surface area contributed by atoms with E-state index < -0.39 is 0 Å². The topological polar surface area (TPSA) is 43.8 Å². The molecule has 2 aromatic rings. The second-order valence-corrected chi connectivity index (χ2v) is 4.59. The number of benzene rings is 1. The predicted molar refractivity (Wildman–Crippen MR) is 71.0 cm³/mol. The fraction of sp³-hybridized carbons (Fsp3) is 0.308. The Morgan fingerprint density at radius 1 is 1.29 bits per heavy atom. The van der Waals surface area contributed by atoms with E-state index in [9.17, 15) is 0 Å². The third-order valence-corrected chi connectivity index (χ3v) is 3.37. The van der Waals surface area contributed by atoms with Crippen molar-refractivity contribution in [2.75, 3.05) is 0 Å². The van der Waals surface area contributed by atoms with Crippen molar-refractivity contribution >= 4 is 11.6 Å². The molecule has 0 bridgehead atoms. The number of halogens is 1. The van der Waals surface area contributed by atoms with Gasteiger partial charge in [-0.2, -0.15) is 0 Å². The van der Waals surface area contributed by atoms with Gasteiger partial charge in [-0.1, -0.05) is 23.7 Å². The van der Waals surface area contributed by atoms with E-state index in [1.165, 1.54) is 11.1 Å². The molecule has 0 radical (unpaired) electrons. The smallest absolute Gasteiger partial charge is 0.155 e. The zero-order valence-electron chi connectivity index (χ0n) is 10.3. The molecule has 2 N–H and O–H groups in total. The third-order valence-electron chi connectivity index (χ3n) is 3.11. The Balaban J connectivity index is 2.60. The highest BCUT2D eigenvalue weighted by Gasteiger charge is 2.14. The van der Waals surface area contributed by atoms with Gasteiger partial charge in [0.25, 0.3) is 0 Å². The molecule has 17 heavy (non-hydrogen) atoms. The molecule has 4 heteroatoms. The van der Waals surface area contributed by atoms with Crippen molar-refractivity contribution in [1.82, 2.24) is 9.55 Å². The number of hydrogen-bond donors (Lipinski definition) is 1. The monoisotopic (exact) mass is 249 g/mol. The predicted octanol–water partition coefficient (Wildman–Crippen LogP) is 2.82. The van der Waals surface area contributed by atoms with Gasteiger partial charge < -0.3 is 10.3 Å². The van der Waals surface area contributed by atoms with Crippen LogP contribution in [0.2, 0.25) is 5.15 Å². The highest BCUT2D eigenvalue weighted by atomic mass is 35.5. The van der Waals surface area contributed by atoms with Crippen LogP contribution in [-0.2, 0) is 13.6 Å². The van der Waals surface area contributed by atoms with Gasteiger partial charge in [0, 0.05) is 12.6 Å². The molecule has 0 atom stereocenters. The number of rotatable bonds is 2. The lowest BCUT2D eigenvalue weighted by molar-refractivity contribution is 0.799. The Hall–Kier alpha value is -1.32. The van der Waals surface area contributed by atoms with Crippen molar-refractivity contribution in [1.29, 1.82) is 0 Å². The van der Waals surface area contributed by atoms with Crippen LogP contribution in [0.15, 0.2) is 18.2 Å².